The Labute approximate surface area is 240 Å². The van der Waals surface area contributed by atoms with Crippen LogP contribution in [-0.2, 0) is 22.3 Å². The Balaban J connectivity index is 1.32. The number of carbonyl (C=O) groups excluding carboxylic acids is 1. The molecular weight excluding hydrogens is 532 g/mol. The van der Waals surface area contributed by atoms with Gasteiger partial charge in [-0.05, 0) is 56.4 Å². The van der Waals surface area contributed by atoms with Crippen LogP contribution in [0.15, 0.2) is 30.5 Å². The molecule has 1 aliphatic heterocycles. The van der Waals surface area contributed by atoms with E-state index in [1.165, 1.54) is 11.1 Å². The number of carbonyl (C=O) groups is 1. The fourth-order valence-electron chi connectivity index (χ4n) is 5.84. The predicted molar refractivity (Wildman–Crippen MR) is 156 cm³/mol. The number of ether oxygens (including phenoxy) is 3. The monoisotopic (exact) mass is 570 g/mol. The molecule has 4 unspecified atom stereocenters. The number of hydrogen-bond donors (Lipinski definition) is 3. The number of amides is 1. The first kappa shape index (κ1) is 28.4. The van der Waals surface area contributed by atoms with E-state index in [1.807, 2.05) is 13.8 Å². The second-order valence-corrected chi connectivity index (χ2v) is 11.4. The van der Waals surface area contributed by atoms with Crippen LogP contribution in [0.1, 0.15) is 31.4 Å². The van der Waals surface area contributed by atoms with Crippen molar-refractivity contribution in [2.45, 2.75) is 51.3 Å². The maximum Gasteiger partial charge on any atom is 0.407 e. The van der Waals surface area contributed by atoms with Crippen LogP contribution in [-0.4, -0.2) is 79.6 Å². The van der Waals surface area contributed by atoms with Gasteiger partial charge in [0.2, 0.25) is 5.95 Å². The summed E-state index contributed by atoms with van der Waals surface area (Å²) in [5.41, 5.74) is 3.37. The van der Waals surface area contributed by atoms with Crippen molar-refractivity contribution in [3.8, 4) is 5.75 Å². The van der Waals surface area contributed by atoms with Crippen LogP contribution in [0.5, 0.6) is 5.75 Å². The van der Waals surface area contributed by atoms with Crippen molar-refractivity contribution < 1.29 is 19.0 Å². The number of nitrogens with one attached hydrogen (secondary N) is 3. The van der Waals surface area contributed by atoms with Crippen molar-refractivity contribution in [1.29, 1.82) is 0 Å². The average molecular weight is 571 g/mol. The topological polar surface area (TPSA) is 110 Å². The number of aromatic nitrogens is 2. The van der Waals surface area contributed by atoms with Crippen LogP contribution < -0.4 is 20.7 Å². The van der Waals surface area contributed by atoms with Gasteiger partial charge in [-0.1, -0.05) is 23.8 Å². The molecule has 216 valence electrons. The van der Waals surface area contributed by atoms with E-state index >= 15 is 0 Å². The molecule has 2 bridgehead atoms. The Morgan fingerprint density at radius 2 is 1.90 bits per heavy atom. The Kier molecular flexibility index (Phi) is 8.97. The number of halogens is 1. The predicted octanol–water partition coefficient (Wildman–Crippen LogP) is 4.42. The third kappa shape index (κ3) is 6.45. The molecule has 1 saturated carbocycles. The van der Waals surface area contributed by atoms with Gasteiger partial charge in [-0.2, -0.15) is 4.98 Å². The van der Waals surface area contributed by atoms with Crippen LogP contribution in [0.25, 0.3) is 0 Å². The molecule has 2 heterocycles. The summed E-state index contributed by atoms with van der Waals surface area (Å²) < 4.78 is 16.8. The van der Waals surface area contributed by atoms with Crippen molar-refractivity contribution in [1.82, 2.24) is 20.2 Å². The van der Waals surface area contributed by atoms with Gasteiger partial charge in [0.15, 0.2) is 5.82 Å². The zero-order valence-electron chi connectivity index (χ0n) is 23.6. The van der Waals surface area contributed by atoms with Gasteiger partial charge in [-0.3, -0.25) is 0 Å². The number of anilines is 3. The molecule has 5 rings (SSSR count). The highest BCUT2D eigenvalue weighted by Gasteiger charge is 2.47. The zero-order valence-corrected chi connectivity index (χ0v) is 24.3. The molecule has 2 aliphatic carbocycles. The molecule has 0 saturated heterocycles. The Morgan fingerprint density at radius 3 is 2.62 bits per heavy atom. The molecule has 10 nitrogen and oxygen atoms in total. The minimum atomic E-state index is -0.416. The molecule has 1 amide bonds. The summed E-state index contributed by atoms with van der Waals surface area (Å²) in [5, 5.41) is 10.0. The van der Waals surface area contributed by atoms with Crippen LogP contribution in [0.4, 0.5) is 22.2 Å². The summed E-state index contributed by atoms with van der Waals surface area (Å²) >= 11 is 6.53. The molecule has 1 aromatic heterocycles. The highest BCUT2D eigenvalue weighted by molar-refractivity contribution is 6.32. The number of rotatable bonds is 10. The van der Waals surface area contributed by atoms with Crippen LogP contribution in [0, 0.1) is 11.8 Å². The van der Waals surface area contributed by atoms with Gasteiger partial charge in [-0.25, -0.2) is 9.78 Å². The van der Waals surface area contributed by atoms with E-state index in [0.29, 0.717) is 16.8 Å². The lowest BCUT2D eigenvalue weighted by atomic mass is 9.98. The number of fused-ring (bicyclic) bond motifs is 3. The van der Waals surface area contributed by atoms with Gasteiger partial charge in [0, 0.05) is 44.6 Å². The van der Waals surface area contributed by atoms with Crippen molar-refractivity contribution in [3.05, 3.63) is 46.6 Å². The first-order valence-corrected chi connectivity index (χ1v) is 14.3. The number of nitrogens with zero attached hydrogens (tertiary/aromatic N) is 3. The van der Waals surface area contributed by atoms with E-state index in [1.54, 1.807) is 20.4 Å². The van der Waals surface area contributed by atoms with Crippen LogP contribution in [0.2, 0.25) is 5.02 Å². The Hall–Kier alpha value is -3.08. The molecule has 4 atom stereocenters. The maximum atomic E-state index is 12.4. The first-order chi connectivity index (χ1) is 19.3. The normalized spacial score (nSPS) is 23.6. The summed E-state index contributed by atoms with van der Waals surface area (Å²) in [6, 6.07) is 4.10. The molecule has 0 spiro atoms. The number of benzene rings is 1. The average Bonchev–Trinajstić information content (AvgIpc) is 3.46. The van der Waals surface area contributed by atoms with E-state index in [4.69, 9.17) is 30.8 Å². The second kappa shape index (κ2) is 12.6. The van der Waals surface area contributed by atoms with Crippen LogP contribution >= 0.6 is 11.6 Å². The molecule has 2 aromatic rings. The van der Waals surface area contributed by atoms with Gasteiger partial charge in [0.25, 0.3) is 0 Å². The second-order valence-electron chi connectivity index (χ2n) is 11.0. The van der Waals surface area contributed by atoms with Gasteiger partial charge in [0.05, 0.1) is 31.6 Å². The molecule has 3 aliphatic rings. The van der Waals surface area contributed by atoms with Crippen LogP contribution in [0.3, 0.4) is 0 Å². The summed E-state index contributed by atoms with van der Waals surface area (Å²) in [6.07, 6.45) is 7.96. The Bertz CT molecular complexity index is 1240. The molecule has 0 radical (unpaired) electrons. The minimum absolute atomic E-state index is 0.00228. The first-order valence-electron chi connectivity index (χ1n) is 14.0. The zero-order chi connectivity index (χ0) is 28.2. The molecule has 1 fully saturated rings. The number of hydrogen-bond acceptors (Lipinski definition) is 9. The van der Waals surface area contributed by atoms with Gasteiger partial charge >= 0.3 is 6.09 Å². The summed E-state index contributed by atoms with van der Waals surface area (Å²) in [7, 11) is 3.41. The van der Waals surface area contributed by atoms with Gasteiger partial charge in [0.1, 0.15) is 16.9 Å². The van der Waals surface area contributed by atoms with E-state index in [9.17, 15) is 4.79 Å². The molecule has 11 heteroatoms. The Morgan fingerprint density at radius 1 is 1.15 bits per heavy atom. The van der Waals surface area contributed by atoms with E-state index in [0.717, 1.165) is 56.9 Å². The number of alkyl carbamates (subject to hydrolysis) is 1. The third-order valence-corrected chi connectivity index (χ3v) is 8.14. The highest BCUT2D eigenvalue weighted by atomic mass is 35.5. The smallest absolute Gasteiger partial charge is 0.407 e. The molecule has 40 heavy (non-hydrogen) atoms. The minimum Gasteiger partial charge on any atom is -0.495 e. The molecular formula is C29H39ClN6O4. The lowest BCUT2D eigenvalue weighted by Crippen LogP contribution is -2.43. The molecule has 3 N–H and O–H groups in total. The fourth-order valence-corrected chi connectivity index (χ4v) is 5.98. The third-order valence-electron chi connectivity index (χ3n) is 7.86. The summed E-state index contributed by atoms with van der Waals surface area (Å²) in [4.78, 5) is 24.0. The maximum absolute atomic E-state index is 12.4. The van der Waals surface area contributed by atoms with Gasteiger partial charge in [-0.15, -0.1) is 0 Å². The lowest BCUT2D eigenvalue weighted by molar-refractivity contribution is 0.0759. The van der Waals surface area contributed by atoms with Crippen molar-refractivity contribution in [2.24, 2.45) is 11.8 Å². The van der Waals surface area contributed by atoms with Crippen molar-refractivity contribution >= 4 is 35.1 Å². The molecule has 1 aromatic carbocycles. The van der Waals surface area contributed by atoms with Crippen molar-refractivity contribution in [2.75, 3.05) is 51.1 Å². The lowest BCUT2D eigenvalue weighted by Gasteiger charge is -2.29. The van der Waals surface area contributed by atoms with E-state index < -0.39 is 6.09 Å². The SMILES string of the molecule is COCCN1CCc2cc(Nc3ncc(Cl)c(NC4C5C=CC(C5)C4OC(=O)NC(C)C)n3)c(OC)cc2CC1. The quantitative estimate of drug-likeness (QED) is 0.358. The highest BCUT2D eigenvalue weighted by Crippen LogP contribution is 2.43. The standard InChI is InChI=1S/C29H39ClN6O4/c1-17(2)32-29(37)40-26-21-6-5-20(13-21)25(26)34-27-22(30)16-31-28(35-27)33-23-14-18-7-9-36(11-12-38-3)10-8-19(18)15-24(23)39-4/h5-6,14-17,20-21,25-26H,7-13H2,1-4H3,(H,32,37)(H2,31,33,34,35). The van der Waals surface area contributed by atoms with E-state index in [-0.39, 0.29) is 30.0 Å². The fraction of sp³-hybridized carbons (Fsp3) is 0.552. The van der Waals surface area contributed by atoms with Crippen molar-refractivity contribution in [3.63, 3.8) is 0 Å². The summed E-state index contributed by atoms with van der Waals surface area (Å²) in [6.45, 7) is 7.43. The van der Waals surface area contributed by atoms with Gasteiger partial charge < -0.3 is 35.1 Å². The largest absolute Gasteiger partial charge is 0.495 e. The van der Waals surface area contributed by atoms with E-state index in [2.05, 4.69) is 50.1 Å². The summed E-state index contributed by atoms with van der Waals surface area (Å²) in [5.74, 6) is 2.00. The number of methoxy groups -OCH3 is 2.